The predicted molar refractivity (Wildman–Crippen MR) is 121 cm³/mol. The highest BCUT2D eigenvalue weighted by atomic mass is 16.5. The minimum Gasteiger partial charge on any atom is -0.465 e. The van der Waals surface area contributed by atoms with Gasteiger partial charge in [0.05, 0.1) is 29.4 Å². The fourth-order valence-corrected chi connectivity index (χ4v) is 4.01. The van der Waals surface area contributed by atoms with Gasteiger partial charge in [0.1, 0.15) is 12.4 Å². The summed E-state index contributed by atoms with van der Waals surface area (Å²) in [5.74, 6) is 0.0312. The summed E-state index contributed by atoms with van der Waals surface area (Å²) in [6.07, 6.45) is 5.42. The third-order valence-electron chi connectivity index (χ3n) is 5.46. The van der Waals surface area contributed by atoms with Gasteiger partial charge in [-0.1, -0.05) is 18.2 Å². The van der Waals surface area contributed by atoms with Gasteiger partial charge in [-0.05, 0) is 49.7 Å². The van der Waals surface area contributed by atoms with Crippen molar-refractivity contribution in [3.8, 4) is 16.9 Å². The van der Waals surface area contributed by atoms with Crippen LogP contribution in [0.3, 0.4) is 0 Å². The van der Waals surface area contributed by atoms with Crippen LogP contribution in [0.4, 0.5) is 0 Å². The third kappa shape index (κ3) is 3.17. The molecule has 5 aromatic rings. The van der Waals surface area contributed by atoms with Crippen LogP contribution in [0.5, 0.6) is 0 Å². The number of ether oxygens (including phenoxy) is 1. The molecule has 8 heteroatoms. The number of rotatable bonds is 5. The topological polar surface area (TPSA) is 83.4 Å². The van der Waals surface area contributed by atoms with Gasteiger partial charge in [0.25, 0.3) is 0 Å². The molecule has 0 aliphatic rings. The molecule has 0 spiro atoms. The lowest BCUT2D eigenvalue weighted by atomic mass is 10.1. The van der Waals surface area contributed by atoms with Crippen molar-refractivity contribution < 1.29 is 9.53 Å². The Kier molecular flexibility index (Phi) is 4.82. The van der Waals surface area contributed by atoms with Crippen molar-refractivity contribution in [2.45, 2.75) is 20.4 Å². The molecule has 0 bridgehead atoms. The SMILES string of the molecule is CCOC(=O)Cn1c(=O)n(-c2ccc(-c3cnn4ccccc34)cn2)c2c(C)cccc21. The van der Waals surface area contributed by atoms with E-state index in [4.69, 9.17) is 4.74 Å². The summed E-state index contributed by atoms with van der Waals surface area (Å²) in [6.45, 7) is 3.78. The molecule has 0 N–H and O–H groups in total. The van der Waals surface area contributed by atoms with E-state index in [-0.39, 0.29) is 18.8 Å². The van der Waals surface area contributed by atoms with Crippen molar-refractivity contribution in [2.75, 3.05) is 6.61 Å². The zero-order valence-electron chi connectivity index (χ0n) is 17.7. The first kappa shape index (κ1) is 19.7. The minimum absolute atomic E-state index is 0.153. The van der Waals surface area contributed by atoms with E-state index in [0.29, 0.717) is 11.3 Å². The number of nitrogens with zero attached hydrogens (tertiary/aromatic N) is 5. The molecule has 0 aliphatic heterocycles. The number of benzene rings is 1. The number of aryl methyl sites for hydroxylation is 1. The number of esters is 1. The Bertz CT molecular complexity index is 1510. The molecule has 160 valence electrons. The number of hydrogen-bond donors (Lipinski definition) is 0. The summed E-state index contributed by atoms with van der Waals surface area (Å²) >= 11 is 0. The zero-order valence-corrected chi connectivity index (χ0v) is 17.7. The molecule has 0 fully saturated rings. The van der Waals surface area contributed by atoms with Crippen molar-refractivity contribution in [3.05, 3.63) is 83.2 Å². The van der Waals surface area contributed by atoms with E-state index in [1.807, 2.05) is 61.7 Å². The van der Waals surface area contributed by atoms with Gasteiger partial charge in [0, 0.05) is 23.5 Å². The first-order valence-electron chi connectivity index (χ1n) is 10.3. The number of carbonyl (C=O) groups is 1. The highest BCUT2D eigenvalue weighted by Crippen LogP contribution is 2.25. The Morgan fingerprint density at radius 3 is 2.66 bits per heavy atom. The van der Waals surface area contributed by atoms with Gasteiger partial charge in [-0.2, -0.15) is 5.10 Å². The number of pyridine rings is 2. The lowest BCUT2D eigenvalue weighted by Gasteiger charge is -2.06. The standard InChI is InChI=1S/C24H21N5O3/c1-3-32-22(30)15-27-20-9-6-7-16(2)23(20)29(24(27)31)21-11-10-17(13-25-21)18-14-26-28-12-5-4-8-19(18)28/h4-14H,3,15H2,1-2H3. The summed E-state index contributed by atoms with van der Waals surface area (Å²) in [5, 5.41) is 4.37. The van der Waals surface area contributed by atoms with E-state index in [9.17, 15) is 9.59 Å². The average Bonchev–Trinajstić information content (AvgIpc) is 3.35. The molecular weight excluding hydrogens is 406 g/mol. The lowest BCUT2D eigenvalue weighted by molar-refractivity contribution is -0.143. The number of imidazole rings is 1. The third-order valence-corrected chi connectivity index (χ3v) is 5.46. The van der Waals surface area contributed by atoms with Crippen LogP contribution in [-0.2, 0) is 16.1 Å². The van der Waals surface area contributed by atoms with Crippen LogP contribution in [0.1, 0.15) is 12.5 Å². The molecule has 0 aliphatic carbocycles. The van der Waals surface area contributed by atoms with Crippen LogP contribution in [-0.4, -0.2) is 36.3 Å². The fourth-order valence-electron chi connectivity index (χ4n) is 4.01. The largest absolute Gasteiger partial charge is 0.465 e. The van der Waals surface area contributed by atoms with Crippen molar-refractivity contribution in [2.24, 2.45) is 0 Å². The van der Waals surface area contributed by atoms with Crippen LogP contribution in [0.15, 0.2) is 71.9 Å². The van der Waals surface area contributed by atoms with Gasteiger partial charge in [0.15, 0.2) is 0 Å². The molecule has 4 heterocycles. The normalized spacial score (nSPS) is 11.3. The van der Waals surface area contributed by atoms with Gasteiger partial charge in [-0.3, -0.25) is 9.36 Å². The molecule has 1 aromatic carbocycles. The van der Waals surface area contributed by atoms with E-state index >= 15 is 0 Å². The number of hydrogen-bond acceptors (Lipinski definition) is 5. The van der Waals surface area contributed by atoms with E-state index in [1.54, 1.807) is 28.4 Å². The van der Waals surface area contributed by atoms with Crippen molar-refractivity contribution in [1.82, 2.24) is 23.7 Å². The van der Waals surface area contributed by atoms with Gasteiger partial charge in [0.2, 0.25) is 0 Å². The monoisotopic (exact) mass is 427 g/mol. The van der Waals surface area contributed by atoms with Crippen LogP contribution in [0.2, 0.25) is 0 Å². The maximum atomic E-state index is 13.3. The molecule has 0 unspecified atom stereocenters. The maximum Gasteiger partial charge on any atom is 0.335 e. The van der Waals surface area contributed by atoms with E-state index in [1.165, 1.54) is 4.57 Å². The van der Waals surface area contributed by atoms with Crippen LogP contribution in [0, 0.1) is 6.92 Å². The van der Waals surface area contributed by atoms with E-state index < -0.39 is 5.97 Å². The van der Waals surface area contributed by atoms with Crippen molar-refractivity contribution in [1.29, 1.82) is 0 Å². The second kappa shape index (κ2) is 7.81. The smallest absolute Gasteiger partial charge is 0.335 e. The van der Waals surface area contributed by atoms with Crippen LogP contribution >= 0.6 is 0 Å². The highest BCUT2D eigenvalue weighted by molar-refractivity contribution is 5.83. The molecule has 4 aromatic heterocycles. The molecule has 32 heavy (non-hydrogen) atoms. The number of para-hydroxylation sites is 1. The second-order valence-electron chi connectivity index (χ2n) is 7.45. The molecule has 0 saturated carbocycles. The Morgan fingerprint density at radius 2 is 1.88 bits per heavy atom. The van der Waals surface area contributed by atoms with Crippen molar-refractivity contribution in [3.63, 3.8) is 0 Å². The first-order chi connectivity index (χ1) is 15.6. The van der Waals surface area contributed by atoms with Crippen LogP contribution in [0.25, 0.3) is 33.5 Å². The van der Waals surface area contributed by atoms with E-state index in [2.05, 4.69) is 10.1 Å². The Balaban J connectivity index is 1.63. The molecule has 0 radical (unpaired) electrons. The van der Waals surface area contributed by atoms with Crippen molar-refractivity contribution >= 4 is 22.5 Å². The predicted octanol–water partition coefficient (Wildman–Crippen LogP) is 3.37. The van der Waals surface area contributed by atoms with Gasteiger partial charge >= 0.3 is 11.7 Å². The quantitative estimate of drug-likeness (QED) is 0.402. The van der Waals surface area contributed by atoms with Crippen LogP contribution < -0.4 is 5.69 Å². The summed E-state index contributed by atoms with van der Waals surface area (Å²) < 4.78 is 9.84. The summed E-state index contributed by atoms with van der Waals surface area (Å²) in [4.78, 5) is 30.0. The second-order valence-corrected chi connectivity index (χ2v) is 7.45. The molecule has 0 atom stereocenters. The average molecular weight is 427 g/mol. The minimum atomic E-state index is -0.452. The number of fused-ring (bicyclic) bond motifs is 2. The molecule has 5 rings (SSSR count). The fraction of sp³-hybridized carbons (Fsp3) is 0.167. The summed E-state index contributed by atoms with van der Waals surface area (Å²) in [6, 6.07) is 15.2. The zero-order chi connectivity index (χ0) is 22.2. The molecular formula is C24H21N5O3. The molecule has 8 nitrogen and oxygen atoms in total. The Morgan fingerprint density at radius 1 is 1.03 bits per heavy atom. The molecule has 0 saturated heterocycles. The first-order valence-corrected chi connectivity index (χ1v) is 10.3. The Labute approximate surface area is 183 Å². The number of aromatic nitrogens is 5. The van der Waals surface area contributed by atoms with E-state index in [0.717, 1.165) is 27.7 Å². The highest BCUT2D eigenvalue weighted by Gasteiger charge is 2.19. The van der Waals surface area contributed by atoms with Gasteiger partial charge in [-0.15, -0.1) is 0 Å². The van der Waals surface area contributed by atoms with Gasteiger partial charge < -0.3 is 4.74 Å². The molecule has 0 amide bonds. The maximum absolute atomic E-state index is 13.3. The summed E-state index contributed by atoms with van der Waals surface area (Å²) in [7, 11) is 0. The van der Waals surface area contributed by atoms with Gasteiger partial charge in [-0.25, -0.2) is 18.9 Å². The summed E-state index contributed by atoms with van der Waals surface area (Å²) in [5.41, 5.74) is 4.79. The Hall–Kier alpha value is -4.20. The number of carbonyl (C=O) groups excluding carboxylic acids is 1. The lowest BCUT2D eigenvalue weighted by Crippen LogP contribution is -2.27.